The van der Waals surface area contributed by atoms with E-state index < -0.39 is 0 Å². The Morgan fingerprint density at radius 2 is 2.04 bits per heavy atom. The van der Waals surface area contributed by atoms with Crippen molar-refractivity contribution in [3.8, 4) is 0 Å². The largest absolute Gasteiger partial charge is 0.370 e. The average Bonchev–Trinajstić information content (AvgIpc) is 2.63. The number of aromatic nitrogens is 2. The van der Waals surface area contributed by atoms with Crippen molar-refractivity contribution in [1.82, 2.24) is 14.9 Å². The Labute approximate surface area is 144 Å². The molecule has 6 nitrogen and oxygen atoms in total. The predicted molar refractivity (Wildman–Crippen MR) is 96.2 cm³/mol. The van der Waals surface area contributed by atoms with E-state index in [1.807, 2.05) is 11.0 Å². The quantitative estimate of drug-likeness (QED) is 0.841. The molecule has 0 atom stereocenters. The van der Waals surface area contributed by atoms with Crippen molar-refractivity contribution in [1.29, 1.82) is 0 Å². The van der Waals surface area contributed by atoms with Crippen LogP contribution in [0, 0.1) is 0 Å². The van der Waals surface area contributed by atoms with Gasteiger partial charge in [0.2, 0.25) is 5.91 Å². The van der Waals surface area contributed by atoms with E-state index >= 15 is 0 Å². The number of carbonyl (C=O) groups excluding carboxylic acids is 1. The number of amides is 1. The Kier molecular flexibility index (Phi) is 5.67. The summed E-state index contributed by atoms with van der Waals surface area (Å²) in [5.74, 6) is 1.97. The monoisotopic (exact) mass is 329 g/mol. The number of hydrogen-bond acceptors (Lipinski definition) is 5. The molecule has 1 fully saturated rings. The number of carbonyl (C=O) groups is 1. The maximum absolute atomic E-state index is 11.4. The standard InChI is InChI=1S/C18H27N5O/c1-15(24)22-9-11-23(12-10-22)18-13-17(20-14-21-18)19-8-7-16-5-3-2-4-6-16/h5,13-14H,2-4,6-12H2,1H3,(H,19,20,21). The van der Waals surface area contributed by atoms with Crippen LogP contribution in [0.25, 0.3) is 0 Å². The van der Waals surface area contributed by atoms with E-state index in [0.717, 1.165) is 50.8 Å². The summed E-state index contributed by atoms with van der Waals surface area (Å²) in [4.78, 5) is 24.2. The van der Waals surface area contributed by atoms with Gasteiger partial charge in [0.15, 0.2) is 0 Å². The predicted octanol–water partition coefficient (Wildman–Crippen LogP) is 2.45. The van der Waals surface area contributed by atoms with Crippen molar-refractivity contribution in [2.75, 3.05) is 42.9 Å². The van der Waals surface area contributed by atoms with Crippen LogP contribution < -0.4 is 10.2 Å². The molecular formula is C18H27N5O. The molecule has 130 valence electrons. The van der Waals surface area contributed by atoms with Gasteiger partial charge in [-0.05, 0) is 32.1 Å². The topological polar surface area (TPSA) is 61.4 Å². The third kappa shape index (κ3) is 4.46. The molecule has 24 heavy (non-hydrogen) atoms. The zero-order valence-electron chi connectivity index (χ0n) is 14.5. The van der Waals surface area contributed by atoms with Gasteiger partial charge in [0.1, 0.15) is 18.0 Å². The van der Waals surface area contributed by atoms with Crippen molar-refractivity contribution in [3.05, 3.63) is 24.0 Å². The smallest absolute Gasteiger partial charge is 0.219 e. The number of nitrogens with one attached hydrogen (secondary N) is 1. The summed E-state index contributed by atoms with van der Waals surface area (Å²) in [5.41, 5.74) is 1.57. The zero-order chi connectivity index (χ0) is 16.8. The number of nitrogens with zero attached hydrogens (tertiary/aromatic N) is 4. The lowest BCUT2D eigenvalue weighted by Crippen LogP contribution is -2.48. The van der Waals surface area contributed by atoms with Crippen molar-refractivity contribution >= 4 is 17.5 Å². The SMILES string of the molecule is CC(=O)N1CCN(c2cc(NCCC3=CCCCC3)ncn2)CC1. The number of rotatable bonds is 5. The molecule has 1 aliphatic heterocycles. The maximum atomic E-state index is 11.4. The summed E-state index contributed by atoms with van der Waals surface area (Å²) < 4.78 is 0. The van der Waals surface area contributed by atoms with Crippen LogP contribution in [0.1, 0.15) is 39.0 Å². The fourth-order valence-electron chi connectivity index (χ4n) is 3.35. The number of anilines is 2. The van der Waals surface area contributed by atoms with Crippen LogP contribution in [0.4, 0.5) is 11.6 Å². The fraction of sp³-hybridized carbons (Fsp3) is 0.611. The Morgan fingerprint density at radius 1 is 1.21 bits per heavy atom. The summed E-state index contributed by atoms with van der Waals surface area (Å²) in [6, 6.07) is 2.01. The Balaban J connectivity index is 1.51. The van der Waals surface area contributed by atoms with Crippen LogP contribution in [0.15, 0.2) is 24.0 Å². The van der Waals surface area contributed by atoms with Gasteiger partial charge in [-0.2, -0.15) is 0 Å². The van der Waals surface area contributed by atoms with Gasteiger partial charge in [0.05, 0.1) is 0 Å². The second kappa shape index (κ2) is 8.13. The fourth-order valence-corrected chi connectivity index (χ4v) is 3.35. The Morgan fingerprint density at radius 3 is 2.75 bits per heavy atom. The molecule has 1 aliphatic carbocycles. The Hall–Kier alpha value is -2.11. The molecule has 1 saturated heterocycles. The third-order valence-electron chi connectivity index (χ3n) is 4.84. The number of hydrogen-bond donors (Lipinski definition) is 1. The van der Waals surface area contributed by atoms with Crippen molar-refractivity contribution < 1.29 is 4.79 Å². The second-order valence-electron chi connectivity index (χ2n) is 6.54. The van der Waals surface area contributed by atoms with E-state index in [1.165, 1.54) is 25.7 Å². The summed E-state index contributed by atoms with van der Waals surface area (Å²) in [7, 11) is 0. The summed E-state index contributed by atoms with van der Waals surface area (Å²) in [5, 5.41) is 3.42. The van der Waals surface area contributed by atoms with Crippen molar-refractivity contribution in [3.63, 3.8) is 0 Å². The molecule has 0 unspecified atom stereocenters. The van der Waals surface area contributed by atoms with Crippen LogP contribution in [0.2, 0.25) is 0 Å². The molecular weight excluding hydrogens is 302 g/mol. The van der Waals surface area contributed by atoms with Crippen molar-refractivity contribution in [2.45, 2.75) is 39.0 Å². The highest BCUT2D eigenvalue weighted by atomic mass is 16.2. The summed E-state index contributed by atoms with van der Waals surface area (Å²) in [6.45, 7) is 5.71. The molecule has 1 aromatic heterocycles. The molecule has 3 rings (SSSR count). The lowest BCUT2D eigenvalue weighted by molar-refractivity contribution is -0.129. The second-order valence-corrected chi connectivity index (χ2v) is 6.54. The van der Waals surface area contributed by atoms with Crippen molar-refractivity contribution in [2.24, 2.45) is 0 Å². The highest BCUT2D eigenvalue weighted by molar-refractivity contribution is 5.73. The first kappa shape index (κ1) is 16.7. The van der Waals surface area contributed by atoms with E-state index in [2.05, 4.69) is 26.3 Å². The van der Waals surface area contributed by atoms with Gasteiger partial charge in [0, 0.05) is 45.7 Å². The Bertz CT molecular complexity index is 593. The molecule has 2 heterocycles. The van der Waals surface area contributed by atoms with Crippen LogP contribution >= 0.6 is 0 Å². The first-order valence-electron chi connectivity index (χ1n) is 8.96. The lowest BCUT2D eigenvalue weighted by atomic mass is 9.97. The average molecular weight is 329 g/mol. The number of allylic oxidation sites excluding steroid dienone is 1. The number of piperazine rings is 1. The van der Waals surface area contributed by atoms with E-state index in [4.69, 9.17) is 0 Å². The molecule has 0 spiro atoms. The summed E-state index contributed by atoms with van der Waals surface area (Å²) in [6.07, 6.45) is 10.3. The molecule has 2 aliphatic rings. The minimum Gasteiger partial charge on any atom is -0.370 e. The zero-order valence-corrected chi connectivity index (χ0v) is 14.5. The summed E-state index contributed by atoms with van der Waals surface area (Å²) >= 11 is 0. The van der Waals surface area contributed by atoms with E-state index in [9.17, 15) is 4.79 Å². The molecule has 1 N–H and O–H groups in total. The van der Waals surface area contributed by atoms with Gasteiger partial charge in [-0.25, -0.2) is 9.97 Å². The van der Waals surface area contributed by atoms with Gasteiger partial charge in [-0.1, -0.05) is 11.6 Å². The highest BCUT2D eigenvalue weighted by Gasteiger charge is 2.19. The first-order chi connectivity index (χ1) is 11.7. The molecule has 0 saturated carbocycles. The molecule has 0 radical (unpaired) electrons. The van der Waals surface area contributed by atoms with Crippen LogP contribution in [0.5, 0.6) is 0 Å². The maximum Gasteiger partial charge on any atom is 0.219 e. The molecule has 0 bridgehead atoms. The van der Waals surface area contributed by atoms with Crippen LogP contribution in [0.3, 0.4) is 0 Å². The lowest BCUT2D eigenvalue weighted by Gasteiger charge is -2.34. The molecule has 0 aromatic carbocycles. The first-order valence-corrected chi connectivity index (χ1v) is 8.96. The van der Waals surface area contributed by atoms with Gasteiger partial charge >= 0.3 is 0 Å². The van der Waals surface area contributed by atoms with E-state index in [1.54, 1.807) is 18.8 Å². The minimum absolute atomic E-state index is 0.150. The normalized spacial score (nSPS) is 18.3. The molecule has 1 amide bonds. The van der Waals surface area contributed by atoms with Gasteiger partial charge in [-0.3, -0.25) is 4.79 Å². The van der Waals surface area contributed by atoms with Gasteiger partial charge < -0.3 is 15.1 Å². The third-order valence-corrected chi connectivity index (χ3v) is 4.84. The highest BCUT2D eigenvalue weighted by Crippen LogP contribution is 2.20. The van der Waals surface area contributed by atoms with Gasteiger partial charge in [0.25, 0.3) is 0 Å². The van der Waals surface area contributed by atoms with Gasteiger partial charge in [-0.15, -0.1) is 0 Å². The van der Waals surface area contributed by atoms with Crippen LogP contribution in [-0.4, -0.2) is 53.5 Å². The molecule has 1 aromatic rings. The minimum atomic E-state index is 0.150. The van der Waals surface area contributed by atoms with Crippen LogP contribution in [-0.2, 0) is 4.79 Å². The van der Waals surface area contributed by atoms with E-state index in [-0.39, 0.29) is 5.91 Å². The van der Waals surface area contributed by atoms with E-state index in [0.29, 0.717) is 0 Å². The molecule has 6 heteroatoms.